The molecule has 1 aromatic rings. The third-order valence-corrected chi connectivity index (χ3v) is 5.35. The Morgan fingerprint density at radius 1 is 1.38 bits per heavy atom. The average molecular weight is 357 g/mol. The van der Waals surface area contributed by atoms with Crippen LogP contribution in [0.25, 0.3) is 0 Å². The van der Waals surface area contributed by atoms with Gasteiger partial charge in [0, 0.05) is 19.4 Å². The van der Waals surface area contributed by atoms with Crippen LogP contribution >= 0.6 is 11.9 Å². The second kappa shape index (κ2) is 5.84. The van der Waals surface area contributed by atoms with Crippen LogP contribution in [-0.4, -0.2) is 37.6 Å². The first kappa shape index (κ1) is 16.1. The normalized spacial score (nSPS) is 24.2. The number of alkyl halides is 2. The second-order valence-electron chi connectivity index (χ2n) is 6.49. The molecule has 1 atom stereocenters. The minimum Gasteiger partial charge on any atom is -0.377 e. The van der Waals surface area contributed by atoms with Gasteiger partial charge in [-0.2, -0.15) is 0 Å². The molecule has 0 unspecified atom stereocenters. The molecule has 3 aliphatic rings. The van der Waals surface area contributed by atoms with Gasteiger partial charge in [0.1, 0.15) is 23.4 Å². The number of aliphatic imine (C=N–C) groups is 1. The van der Waals surface area contributed by atoms with Crippen molar-refractivity contribution in [2.24, 2.45) is 10.9 Å². The first-order valence-electron chi connectivity index (χ1n) is 8.00. The predicted octanol–water partition coefficient (Wildman–Crippen LogP) is 3.74. The van der Waals surface area contributed by atoms with E-state index in [1.807, 2.05) is 0 Å². The first-order chi connectivity index (χ1) is 11.4. The van der Waals surface area contributed by atoms with Crippen molar-refractivity contribution < 1.29 is 17.9 Å². The highest BCUT2D eigenvalue weighted by molar-refractivity contribution is 7.98. The van der Waals surface area contributed by atoms with Crippen molar-refractivity contribution in [1.82, 2.24) is 4.72 Å². The molecule has 0 spiro atoms. The Kier molecular flexibility index (Phi) is 3.91. The Balaban J connectivity index is 1.78. The zero-order chi connectivity index (χ0) is 16.9. The highest BCUT2D eigenvalue weighted by Gasteiger charge is 2.42. The molecule has 0 aromatic heterocycles. The maximum Gasteiger partial charge on any atom is 0.267 e. The Hall–Kier alpha value is -1.41. The standard InChI is InChI=1S/C16H18F3N3OS/c1-16(18,19)13-8-23-5-4-22(13)11-6-10(17)7-12-14(11)20-15(21-24-12)9-2-3-9/h6-7,9,13H,2-5,8H2,1H3,(H,20,21)/t13-/m1/s1. The van der Waals surface area contributed by atoms with Gasteiger partial charge in [-0.1, -0.05) is 0 Å². The third kappa shape index (κ3) is 2.97. The maximum atomic E-state index is 14.1. The molecule has 2 heterocycles. The number of hydrogen-bond acceptors (Lipinski definition) is 5. The third-order valence-electron chi connectivity index (χ3n) is 4.50. The molecule has 0 radical (unpaired) electrons. The first-order valence-corrected chi connectivity index (χ1v) is 8.82. The van der Waals surface area contributed by atoms with Crippen LogP contribution in [0.5, 0.6) is 0 Å². The minimum absolute atomic E-state index is 0.0840. The summed E-state index contributed by atoms with van der Waals surface area (Å²) in [5.41, 5.74) is 1.00. The van der Waals surface area contributed by atoms with Crippen LogP contribution in [0.1, 0.15) is 19.8 Å². The molecule has 0 amide bonds. The number of halogens is 3. The maximum absolute atomic E-state index is 14.1. The summed E-state index contributed by atoms with van der Waals surface area (Å²) in [4.78, 5) is 6.80. The monoisotopic (exact) mass is 357 g/mol. The van der Waals surface area contributed by atoms with E-state index in [9.17, 15) is 13.2 Å². The van der Waals surface area contributed by atoms with E-state index >= 15 is 0 Å². The zero-order valence-electron chi connectivity index (χ0n) is 13.2. The molecule has 1 aromatic carbocycles. The molecule has 2 fully saturated rings. The molecule has 130 valence electrons. The summed E-state index contributed by atoms with van der Waals surface area (Å²) in [6.45, 7) is 1.42. The SMILES string of the molecule is CC(F)(F)[C@H]1COCCN1c1cc(F)cc2c1N=C(C1CC1)NS2. The van der Waals surface area contributed by atoms with Gasteiger partial charge in [0.15, 0.2) is 0 Å². The summed E-state index contributed by atoms with van der Waals surface area (Å²) in [6.07, 6.45) is 2.15. The number of morpholine rings is 1. The molecule has 1 aliphatic carbocycles. The Morgan fingerprint density at radius 3 is 2.88 bits per heavy atom. The predicted molar refractivity (Wildman–Crippen MR) is 87.8 cm³/mol. The molecule has 1 saturated heterocycles. The number of hydrogen-bond donors (Lipinski definition) is 1. The average Bonchev–Trinajstić information content (AvgIpc) is 3.38. The van der Waals surface area contributed by atoms with Crippen molar-refractivity contribution in [3.8, 4) is 0 Å². The quantitative estimate of drug-likeness (QED) is 0.837. The fraction of sp³-hybridized carbons (Fsp3) is 0.562. The number of fused-ring (bicyclic) bond motifs is 1. The molecular weight excluding hydrogens is 339 g/mol. The van der Waals surface area contributed by atoms with Gasteiger partial charge < -0.3 is 14.4 Å². The van der Waals surface area contributed by atoms with Crippen molar-refractivity contribution in [1.29, 1.82) is 0 Å². The Bertz CT molecular complexity index is 688. The summed E-state index contributed by atoms with van der Waals surface area (Å²) >= 11 is 1.30. The molecule has 4 nitrogen and oxygen atoms in total. The summed E-state index contributed by atoms with van der Waals surface area (Å²) in [5.74, 6) is -2.15. The van der Waals surface area contributed by atoms with Gasteiger partial charge in [-0.15, -0.1) is 0 Å². The number of rotatable bonds is 3. The van der Waals surface area contributed by atoms with Crippen LogP contribution in [-0.2, 0) is 4.74 Å². The lowest BCUT2D eigenvalue weighted by atomic mass is 10.1. The van der Waals surface area contributed by atoms with Gasteiger partial charge in [0.05, 0.1) is 23.8 Å². The van der Waals surface area contributed by atoms with Crippen molar-refractivity contribution >= 4 is 29.2 Å². The number of benzene rings is 1. The minimum atomic E-state index is -2.96. The van der Waals surface area contributed by atoms with Gasteiger partial charge in [0.2, 0.25) is 0 Å². The van der Waals surface area contributed by atoms with Gasteiger partial charge in [-0.05, 0) is 36.9 Å². The second-order valence-corrected chi connectivity index (χ2v) is 7.34. The van der Waals surface area contributed by atoms with Crippen LogP contribution < -0.4 is 9.62 Å². The Labute approximate surface area is 142 Å². The fourth-order valence-electron chi connectivity index (χ4n) is 3.06. The highest BCUT2D eigenvalue weighted by atomic mass is 32.2. The number of ether oxygens (including phenoxy) is 1. The van der Waals surface area contributed by atoms with E-state index in [-0.39, 0.29) is 13.2 Å². The number of anilines is 1. The molecular formula is C16H18F3N3OS. The van der Waals surface area contributed by atoms with Gasteiger partial charge >= 0.3 is 0 Å². The molecule has 8 heteroatoms. The van der Waals surface area contributed by atoms with Crippen molar-refractivity contribution in [3.05, 3.63) is 17.9 Å². The van der Waals surface area contributed by atoms with Gasteiger partial charge in [0.25, 0.3) is 5.92 Å². The molecule has 1 N–H and O–H groups in total. The lowest BCUT2D eigenvalue weighted by molar-refractivity contribution is -0.0526. The number of amidine groups is 1. The smallest absolute Gasteiger partial charge is 0.267 e. The molecule has 0 bridgehead atoms. The Morgan fingerprint density at radius 2 is 2.17 bits per heavy atom. The van der Waals surface area contributed by atoms with E-state index in [1.54, 1.807) is 4.90 Å². The van der Waals surface area contributed by atoms with E-state index in [2.05, 4.69) is 9.71 Å². The number of nitrogens with one attached hydrogen (secondary N) is 1. The van der Waals surface area contributed by atoms with Crippen LogP contribution in [0.3, 0.4) is 0 Å². The van der Waals surface area contributed by atoms with E-state index in [4.69, 9.17) is 4.74 Å². The van der Waals surface area contributed by atoms with E-state index < -0.39 is 17.8 Å². The van der Waals surface area contributed by atoms with E-state index in [0.717, 1.165) is 25.6 Å². The summed E-state index contributed by atoms with van der Waals surface area (Å²) in [6, 6.07) is 1.57. The highest BCUT2D eigenvalue weighted by Crippen LogP contribution is 2.45. The summed E-state index contributed by atoms with van der Waals surface area (Å²) in [7, 11) is 0. The van der Waals surface area contributed by atoms with Crippen LogP contribution in [0, 0.1) is 11.7 Å². The zero-order valence-corrected chi connectivity index (χ0v) is 14.0. The van der Waals surface area contributed by atoms with Gasteiger partial charge in [-0.25, -0.2) is 18.2 Å². The van der Waals surface area contributed by atoms with Crippen LogP contribution in [0.2, 0.25) is 0 Å². The molecule has 24 heavy (non-hydrogen) atoms. The van der Waals surface area contributed by atoms with Gasteiger partial charge in [-0.3, -0.25) is 0 Å². The molecule has 1 saturated carbocycles. The summed E-state index contributed by atoms with van der Waals surface area (Å²) < 4.78 is 50.5. The molecule has 2 aliphatic heterocycles. The lowest BCUT2D eigenvalue weighted by Gasteiger charge is -2.41. The van der Waals surface area contributed by atoms with E-state index in [1.165, 1.54) is 24.1 Å². The lowest BCUT2D eigenvalue weighted by Crippen LogP contribution is -2.54. The van der Waals surface area contributed by atoms with Crippen molar-refractivity contribution in [2.75, 3.05) is 24.7 Å². The van der Waals surface area contributed by atoms with Crippen LogP contribution in [0.15, 0.2) is 22.0 Å². The van der Waals surface area contributed by atoms with E-state index in [0.29, 0.717) is 28.8 Å². The fourth-order valence-corrected chi connectivity index (χ4v) is 3.91. The molecule has 4 rings (SSSR count). The largest absolute Gasteiger partial charge is 0.377 e. The van der Waals surface area contributed by atoms with Crippen LogP contribution in [0.4, 0.5) is 24.5 Å². The van der Waals surface area contributed by atoms with Crippen molar-refractivity contribution in [3.63, 3.8) is 0 Å². The topological polar surface area (TPSA) is 36.9 Å². The number of nitrogens with zero attached hydrogens (tertiary/aromatic N) is 2. The summed E-state index contributed by atoms with van der Waals surface area (Å²) in [5, 5.41) is 0. The van der Waals surface area contributed by atoms with Crippen molar-refractivity contribution in [2.45, 2.75) is 36.6 Å².